The molecular weight excluding hydrogens is 410 g/mol. The molecule has 7 nitrogen and oxygen atoms in total. The number of hydrogen-bond donors (Lipinski definition) is 2. The third kappa shape index (κ3) is 6.99. The number of anilines is 1. The largest absolute Gasteiger partial charge is 0.427 e. The Morgan fingerprint density at radius 1 is 0.969 bits per heavy atom. The number of Topliss-reactive ketones (excluding diaryl/α,β-unsaturated/α-hetero) is 2. The zero-order valence-corrected chi connectivity index (χ0v) is 17.6. The molecule has 1 atom stereocenters. The minimum atomic E-state index is -0.783. The maximum Gasteiger partial charge on any atom is 0.311 e. The predicted molar refractivity (Wildman–Crippen MR) is 118 cm³/mol. The molecular formula is C25H25NO6. The monoisotopic (exact) mass is 435 g/mol. The van der Waals surface area contributed by atoms with Crippen LogP contribution in [-0.2, 0) is 14.4 Å². The van der Waals surface area contributed by atoms with E-state index in [0.29, 0.717) is 35.4 Å². The molecule has 0 radical (unpaired) electrons. The summed E-state index contributed by atoms with van der Waals surface area (Å²) in [6.45, 7) is 0. The average molecular weight is 435 g/mol. The van der Waals surface area contributed by atoms with Crippen molar-refractivity contribution >= 4 is 29.1 Å². The van der Waals surface area contributed by atoms with Gasteiger partial charge in [-0.25, -0.2) is 0 Å². The first-order chi connectivity index (χ1) is 15.4. The molecule has 1 amide bonds. The number of aliphatic hydroxyl groups is 1. The fourth-order valence-electron chi connectivity index (χ4n) is 3.34. The highest BCUT2D eigenvalue weighted by atomic mass is 16.5. The van der Waals surface area contributed by atoms with E-state index in [1.165, 1.54) is 6.08 Å². The van der Waals surface area contributed by atoms with Crippen molar-refractivity contribution in [2.45, 2.75) is 44.6 Å². The van der Waals surface area contributed by atoms with Gasteiger partial charge in [0.2, 0.25) is 0 Å². The zero-order chi connectivity index (χ0) is 22.9. The highest BCUT2D eigenvalue weighted by Gasteiger charge is 2.23. The standard InChI is InChI=1S/C25H25NO6/c27-20(14-18-15-21(28)16-23(18)29)8-4-5-9-24(30)32-22-12-10-19(11-13-22)26-25(31)17-6-2-1-3-7-17/h1-3,6-7,10-13,15,21,28H,4-5,8-9,14,16H2,(H,26,31). The minimum absolute atomic E-state index is 0.0352. The fourth-order valence-corrected chi connectivity index (χ4v) is 3.34. The molecule has 7 heteroatoms. The molecule has 3 rings (SSSR count). The summed E-state index contributed by atoms with van der Waals surface area (Å²) >= 11 is 0. The molecule has 0 saturated heterocycles. The van der Waals surface area contributed by atoms with Crippen LogP contribution in [0.1, 0.15) is 48.9 Å². The minimum Gasteiger partial charge on any atom is -0.427 e. The van der Waals surface area contributed by atoms with E-state index in [1.54, 1.807) is 48.5 Å². The number of unbranched alkanes of at least 4 members (excludes halogenated alkanes) is 1. The number of esters is 1. The van der Waals surface area contributed by atoms with Gasteiger partial charge >= 0.3 is 5.97 Å². The number of aliphatic hydroxyl groups excluding tert-OH is 1. The Balaban J connectivity index is 1.35. The van der Waals surface area contributed by atoms with Crippen molar-refractivity contribution in [3.8, 4) is 5.75 Å². The molecule has 1 unspecified atom stereocenters. The molecule has 0 bridgehead atoms. The van der Waals surface area contributed by atoms with E-state index in [1.807, 2.05) is 6.07 Å². The molecule has 32 heavy (non-hydrogen) atoms. The molecule has 2 aromatic rings. The lowest BCUT2D eigenvalue weighted by atomic mass is 10.0. The molecule has 2 aromatic carbocycles. The highest BCUT2D eigenvalue weighted by molar-refractivity contribution is 6.04. The number of nitrogens with one attached hydrogen (secondary N) is 1. The molecule has 0 aliphatic heterocycles. The average Bonchev–Trinajstić information content (AvgIpc) is 3.09. The van der Waals surface area contributed by atoms with Crippen molar-refractivity contribution in [1.29, 1.82) is 0 Å². The molecule has 0 fully saturated rings. The smallest absolute Gasteiger partial charge is 0.311 e. The van der Waals surface area contributed by atoms with Gasteiger partial charge < -0.3 is 15.2 Å². The van der Waals surface area contributed by atoms with Crippen LogP contribution < -0.4 is 10.1 Å². The topological polar surface area (TPSA) is 110 Å². The molecule has 0 heterocycles. The van der Waals surface area contributed by atoms with E-state index >= 15 is 0 Å². The Morgan fingerprint density at radius 3 is 2.31 bits per heavy atom. The second-order valence-corrected chi connectivity index (χ2v) is 7.63. The van der Waals surface area contributed by atoms with Gasteiger partial charge in [-0.05, 0) is 55.3 Å². The Labute approximate surface area is 186 Å². The molecule has 1 aliphatic rings. The number of hydrogen-bond acceptors (Lipinski definition) is 6. The van der Waals surface area contributed by atoms with Gasteiger partial charge in [0.15, 0.2) is 5.78 Å². The van der Waals surface area contributed by atoms with Crippen LogP contribution in [0.15, 0.2) is 66.2 Å². The molecule has 1 aliphatic carbocycles. The summed E-state index contributed by atoms with van der Waals surface area (Å²) in [6.07, 6.45) is 2.19. The van der Waals surface area contributed by atoms with Crippen molar-refractivity contribution in [3.63, 3.8) is 0 Å². The first kappa shape index (κ1) is 23.1. The Kier molecular flexibility index (Phi) is 8.05. The van der Waals surface area contributed by atoms with Gasteiger partial charge in [0.25, 0.3) is 5.91 Å². The number of rotatable bonds is 10. The van der Waals surface area contributed by atoms with Crippen LogP contribution >= 0.6 is 0 Å². The van der Waals surface area contributed by atoms with Crippen LogP contribution in [0.4, 0.5) is 5.69 Å². The van der Waals surface area contributed by atoms with E-state index in [9.17, 15) is 24.3 Å². The van der Waals surface area contributed by atoms with Gasteiger partial charge in [-0.2, -0.15) is 0 Å². The summed E-state index contributed by atoms with van der Waals surface area (Å²) in [5, 5.41) is 12.2. The molecule has 0 saturated carbocycles. The SMILES string of the molecule is O=C(CCCCC(=O)Oc1ccc(NC(=O)c2ccccc2)cc1)CC1=CC(O)CC1=O. The van der Waals surface area contributed by atoms with Gasteiger partial charge in [-0.15, -0.1) is 0 Å². The van der Waals surface area contributed by atoms with Gasteiger partial charge in [-0.1, -0.05) is 18.2 Å². The lowest BCUT2D eigenvalue weighted by Crippen LogP contribution is -2.12. The quantitative estimate of drug-likeness (QED) is 0.335. The summed E-state index contributed by atoms with van der Waals surface area (Å²) in [5.41, 5.74) is 1.51. The van der Waals surface area contributed by atoms with Crippen molar-refractivity contribution in [2.24, 2.45) is 0 Å². The van der Waals surface area contributed by atoms with Gasteiger partial charge in [-0.3, -0.25) is 19.2 Å². The number of carbonyl (C=O) groups excluding carboxylic acids is 4. The number of amides is 1. The van der Waals surface area contributed by atoms with E-state index in [0.717, 1.165) is 0 Å². The Hall–Kier alpha value is -3.58. The van der Waals surface area contributed by atoms with Crippen LogP contribution in [-0.4, -0.2) is 34.7 Å². The molecule has 166 valence electrons. The number of ether oxygens (including phenoxy) is 1. The van der Waals surface area contributed by atoms with Crippen LogP contribution in [0.2, 0.25) is 0 Å². The van der Waals surface area contributed by atoms with Crippen molar-refractivity contribution in [3.05, 3.63) is 71.8 Å². The van der Waals surface area contributed by atoms with E-state index in [-0.39, 0.29) is 43.2 Å². The number of carbonyl (C=O) groups is 4. The number of benzene rings is 2. The molecule has 2 N–H and O–H groups in total. The molecule has 0 spiro atoms. The summed E-state index contributed by atoms with van der Waals surface area (Å²) in [7, 11) is 0. The van der Waals surface area contributed by atoms with Gasteiger partial charge in [0.05, 0.1) is 6.10 Å². The van der Waals surface area contributed by atoms with Gasteiger partial charge in [0.1, 0.15) is 11.5 Å². The zero-order valence-electron chi connectivity index (χ0n) is 17.6. The van der Waals surface area contributed by atoms with Crippen LogP contribution in [0, 0.1) is 0 Å². The normalized spacial score (nSPS) is 15.2. The first-order valence-electron chi connectivity index (χ1n) is 10.5. The van der Waals surface area contributed by atoms with Crippen molar-refractivity contribution < 1.29 is 29.0 Å². The third-order valence-electron chi connectivity index (χ3n) is 5.00. The maximum absolute atomic E-state index is 12.1. The van der Waals surface area contributed by atoms with Crippen molar-refractivity contribution in [2.75, 3.05) is 5.32 Å². The fraction of sp³-hybridized carbons (Fsp3) is 0.280. The van der Waals surface area contributed by atoms with Crippen LogP contribution in [0.25, 0.3) is 0 Å². The summed E-state index contributed by atoms with van der Waals surface area (Å²) in [4.78, 5) is 47.7. The van der Waals surface area contributed by atoms with E-state index in [4.69, 9.17) is 4.74 Å². The second-order valence-electron chi connectivity index (χ2n) is 7.63. The van der Waals surface area contributed by atoms with E-state index < -0.39 is 12.1 Å². The number of allylic oxidation sites excluding steroid dienone is 1. The lowest BCUT2D eigenvalue weighted by molar-refractivity contribution is -0.134. The first-order valence-corrected chi connectivity index (χ1v) is 10.5. The van der Waals surface area contributed by atoms with Crippen LogP contribution in [0.5, 0.6) is 5.75 Å². The van der Waals surface area contributed by atoms with Crippen LogP contribution in [0.3, 0.4) is 0 Å². The number of ketones is 2. The summed E-state index contributed by atoms with van der Waals surface area (Å²) in [5.74, 6) is -0.528. The highest BCUT2D eigenvalue weighted by Crippen LogP contribution is 2.20. The van der Waals surface area contributed by atoms with Gasteiger partial charge in [0, 0.05) is 42.5 Å². The third-order valence-corrected chi connectivity index (χ3v) is 5.00. The lowest BCUT2D eigenvalue weighted by Gasteiger charge is -2.07. The maximum atomic E-state index is 12.1. The summed E-state index contributed by atoms with van der Waals surface area (Å²) in [6, 6.07) is 15.3. The van der Waals surface area contributed by atoms with E-state index in [2.05, 4.69) is 5.32 Å². The molecule has 0 aromatic heterocycles. The second kappa shape index (κ2) is 11.2. The predicted octanol–water partition coefficient (Wildman–Crippen LogP) is 3.62. The Morgan fingerprint density at radius 2 is 1.66 bits per heavy atom. The summed E-state index contributed by atoms with van der Waals surface area (Å²) < 4.78 is 5.28. The Bertz CT molecular complexity index is 1010. The van der Waals surface area contributed by atoms with Crippen molar-refractivity contribution in [1.82, 2.24) is 0 Å².